The fraction of sp³-hybridized carbons (Fsp3) is 0. The van der Waals surface area contributed by atoms with Gasteiger partial charge in [-0.05, 0) is 30.3 Å². The van der Waals surface area contributed by atoms with E-state index in [-0.39, 0.29) is 0 Å². The highest BCUT2D eigenvalue weighted by molar-refractivity contribution is 6.35. The van der Waals surface area contributed by atoms with Crippen molar-refractivity contribution in [3.63, 3.8) is 0 Å². The fourth-order valence-electron chi connectivity index (χ4n) is 1.79. The summed E-state index contributed by atoms with van der Waals surface area (Å²) in [6.07, 6.45) is 3.31. The van der Waals surface area contributed by atoms with E-state index in [9.17, 15) is 0 Å². The van der Waals surface area contributed by atoms with Crippen LogP contribution in [0.5, 0.6) is 0 Å². The third-order valence-corrected chi connectivity index (χ3v) is 2.97. The Hall–Kier alpha value is -2.40. The Labute approximate surface area is 114 Å². The lowest BCUT2D eigenvalue weighted by atomic mass is 10.2. The number of nitrogen functional groups attached to an aromatic ring is 1. The minimum absolute atomic E-state index is 0.406. The number of nitrogens with zero attached hydrogens (tertiary/aromatic N) is 3. The zero-order valence-corrected chi connectivity index (χ0v) is 10.6. The van der Waals surface area contributed by atoms with Crippen molar-refractivity contribution < 1.29 is 0 Å². The van der Waals surface area contributed by atoms with Gasteiger partial charge in [0, 0.05) is 17.8 Å². The fourth-order valence-corrected chi connectivity index (χ4v) is 2.01. The Balaban J connectivity index is 2.09. The van der Waals surface area contributed by atoms with Gasteiger partial charge in [0.25, 0.3) is 0 Å². The van der Waals surface area contributed by atoms with Crippen molar-refractivity contribution in [1.82, 2.24) is 15.0 Å². The van der Waals surface area contributed by atoms with Crippen molar-refractivity contribution in [2.75, 3.05) is 11.1 Å². The first kappa shape index (κ1) is 11.7. The monoisotopic (exact) mass is 271 g/mol. The lowest BCUT2D eigenvalue weighted by Gasteiger charge is -2.08. The van der Waals surface area contributed by atoms with E-state index < -0.39 is 0 Å². The highest BCUT2D eigenvalue weighted by Crippen LogP contribution is 2.29. The molecule has 1 aromatic carbocycles. The second-order valence-electron chi connectivity index (χ2n) is 3.92. The summed E-state index contributed by atoms with van der Waals surface area (Å²) in [5.41, 5.74) is 7.17. The highest BCUT2D eigenvalue weighted by Gasteiger charge is 2.07. The Bertz CT molecular complexity index is 744. The number of nitrogens with two attached hydrogens (primary N) is 1. The molecule has 0 amide bonds. The first-order valence-electron chi connectivity index (χ1n) is 5.63. The predicted molar refractivity (Wildman–Crippen MR) is 76.5 cm³/mol. The number of hydrogen-bond acceptors (Lipinski definition) is 5. The van der Waals surface area contributed by atoms with Gasteiger partial charge in [0.05, 0.1) is 16.2 Å². The van der Waals surface area contributed by atoms with Crippen LogP contribution in [-0.2, 0) is 0 Å². The number of pyridine rings is 1. The summed E-state index contributed by atoms with van der Waals surface area (Å²) in [7, 11) is 0. The quantitative estimate of drug-likeness (QED) is 0.749. The molecule has 0 saturated heterocycles. The van der Waals surface area contributed by atoms with Gasteiger partial charge >= 0.3 is 0 Å². The van der Waals surface area contributed by atoms with Crippen molar-refractivity contribution in [3.05, 3.63) is 47.7 Å². The summed E-state index contributed by atoms with van der Waals surface area (Å²) in [6.45, 7) is 0. The number of hydrogen-bond donors (Lipinski definition) is 2. The largest absolute Gasteiger partial charge is 0.384 e. The van der Waals surface area contributed by atoms with Crippen LogP contribution in [-0.4, -0.2) is 15.0 Å². The second kappa shape index (κ2) is 4.70. The molecule has 0 atom stereocenters. The van der Waals surface area contributed by atoms with Gasteiger partial charge in [-0.25, -0.2) is 4.98 Å². The van der Waals surface area contributed by atoms with Crippen LogP contribution in [0.1, 0.15) is 0 Å². The summed E-state index contributed by atoms with van der Waals surface area (Å²) in [5.74, 6) is 0.831. The molecule has 0 bridgehead atoms. The molecule has 0 unspecified atom stereocenters. The molecule has 5 nitrogen and oxygen atoms in total. The molecular weight excluding hydrogens is 262 g/mol. The molecule has 2 heterocycles. The summed E-state index contributed by atoms with van der Waals surface area (Å²) >= 11 is 6.14. The van der Waals surface area contributed by atoms with E-state index >= 15 is 0 Å². The second-order valence-corrected chi connectivity index (χ2v) is 4.33. The summed E-state index contributed by atoms with van der Waals surface area (Å²) < 4.78 is 0. The van der Waals surface area contributed by atoms with E-state index in [0.29, 0.717) is 16.8 Å². The van der Waals surface area contributed by atoms with Gasteiger partial charge in [0.1, 0.15) is 5.82 Å². The minimum Gasteiger partial charge on any atom is -0.384 e. The first-order valence-corrected chi connectivity index (χ1v) is 6.00. The van der Waals surface area contributed by atoms with Gasteiger partial charge in [0.2, 0.25) is 5.95 Å². The van der Waals surface area contributed by atoms with Crippen LogP contribution in [0, 0.1) is 0 Å². The van der Waals surface area contributed by atoms with Gasteiger partial charge in [-0.1, -0.05) is 11.6 Å². The van der Waals surface area contributed by atoms with Crippen LogP contribution in [0.25, 0.3) is 10.9 Å². The smallest absolute Gasteiger partial charge is 0.229 e. The lowest BCUT2D eigenvalue weighted by Crippen LogP contribution is -2.00. The van der Waals surface area contributed by atoms with Crippen LogP contribution < -0.4 is 11.1 Å². The number of fused-ring (bicyclic) bond motifs is 1. The van der Waals surface area contributed by atoms with Crippen LogP contribution >= 0.6 is 11.6 Å². The predicted octanol–water partition coefficient (Wildman–Crippen LogP) is 3.00. The lowest BCUT2D eigenvalue weighted by molar-refractivity contribution is 1.17. The SMILES string of the molecule is Nc1ccnc(Nc2ccc(Cl)c3cccnc23)n1. The van der Waals surface area contributed by atoms with Crippen LogP contribution in [0.2, 0.25) is 5.02 Å². The van der Waals surface area contributed by atoms with Crippen LogP contribution in [0.3, 0.4) is 0 Å². The maximum atomic E-state index is 6.14. The van der Waals surface area contributed by atoms with Crippen molar-refractivity contribution in [2.45, 2.75) is 0 Å². The molecule has 0 spiro atoms. The Kier molecular flexibility index (Phi) is 2.89. The normalized spacial score (nSPS) is 10.6. The van der Waals surface area contributed by atoms with E-state index in [2.05, 4.69) is 20.3 Å². The molecule has 6 heteroatoms. The number of benzene rings is 1. The third kappa shape index (κ3) is 2.28. The molecular formula is C13H10ClN5. The Morgan fingerprint density at radius 1 is 1.05 bits per heavy atom. The van der Waals surface area contributed by atoms with E-state index in [0.717, 1.165) is 16.6 Å². The van der Waals surface area contributed by atoms with Gasteiger partial charge in [0.15, 0.2) is 0 Å². The molecule has 0 aliphatic heterocycles. The van der Waals surface area contributed by atoms with Crippen molar-refractivity contribution in [2.24, 2.45) is 0 Å². The molecule has 3 N–H and O–H groups in total. The van der Waals surface area contributed by atoms with Crippen LogP contribution in [0.15, 0.2) is 42.7 Å². The molecule has 3 rings (SSSR count). The third-order valence-electron chi connectivity index (χ3n) is 2.64. The van der Waals surface area contributed by atoms with Crippen molar-refractivity contribution in [3.8, 4) is 0 Å². The molecule has 0 radical (unpaired) electrons. The highest BCUT2D eigenvalue weighted by atomic mass is 35.5. The average molecular weight is 272 g/mol. The zero-order chi connectivity index (χ0) is 13.2. The number of anilines is 3. The first-order chi connectivity index (χ1) is 9.24. The number of nitrogens with one attached hydrogen (secondary N) is 1. The van der Waals surface area contributed by atoms with Crippen molar-refractivity contribution >= 4 is 40.0 Å². The van der Waals surface area contributed by atoms with E-state index in [1.54, 1.807) is 24.5 Å². The van der Waals surface area contributed by atoms with Crippen LogP contribution in [0.4, 0.5) is 17.5 Å². The number of rotatable bonds is 2. The standard InChI is InChI=1S/C13H10ClN5/c14-9-3-4-10(12-8(9)2-1-6-16-12)18-13-17-7-5-11(15)19-13/h1-7H,(H3,15,17,18,19). The Morgan fingerprint density at radius 2 is 1.95 bits per heavy atom. The van der Waals surface area contributed by atoms with Gasteiger partial charge in [-0.3, -0.25) is 4.98 Å². The Morgan fingerprint density at radius 3 is 2.79 bits per heavy atom. The maximum absolute atomic E-state index is 6.14. The van der Waals surface area contributed by atoms with Gasteiger partial charge in [-0.2, -0.15) is 4.98 Å². The van der Waals surface area contributed by atoms with E-state index in [1.807, 2.05) is 18.2 Å². The topological polar surface area (TPSA) is 76.7 Å². The summed E-state index contributed by atoms with van der Waals surface area (Å²) in [4.78, 5) is 12.5. The molecule has 19 heavy (non-hydrogen) atoms. The van der Waals surface area contributed by atoms with Crippen molar-refractivity contribution in [1.29, 1.82) is 0 Å². The maximum Gasteiger partial charge on any atom is 0.229 e. The number of halogens is 1. The molecule has 94 valence electrons. The summed E-state index contributed by atoms with van der Waals surface area (Å²) in [6, 6.07) is 9.03. The van der Waals surface area contributed by atoms with E-state index in [4.69, 9.17) is 17.3 Å². The molecule has 3 aromatic rings. The summed E-state index contributed by atoms with van der Waals surface area (Å²) in [5, 5.41) is 4.62. The molecule has 0 fully saturated rings. The molecule has 0 aliphatic rings. The molecule has 0 aliphatic carbocycles. The minimum atomic E-state index is 0.406. The molecule has 2 aromatic heterocycles. The number of aromatic nitrogens is 3. The molecule has 0 saturated carbocycles. The van der Waals surface area contributed by atoms with Gasteiger partial charge < -0.3 is 11.1 Å². The zero-order valence-electron chi connectivity index (χ0n) is 9.84. The van der Waals surface area contributed by atoms with E-state index in [1.165, 1.54) is 0 Å². The average Bonchev–Trinajstić information content (AvgIpc) is 2.42. The van der Waals surface area contributed by atoms with Gasteiger partial charge in [-0.15, -0.1) is 0 Å².